The third-order valence-corrected chi connectivity index (χ3v) is 5.56. The maximum absolute atomic E-state index is 12.9. The van der Waals surface area contributed by atoms with Gasteiger partial charge in [-0.15, -0.1) is 0 Å². The zero-order chi connectivity index (χ0) is 19.4. The van der Waals surface area contributed by atoms with E-state index in [1.54, 1.807) is 0 Å². The van der Waals surface area contributed by atoms with Gasteiger partial charge in [0.05, 0.1) is 7.11 Å². The molecule has 1 aromatic rings. The van der Waals surface area contributed by atoms with Crippen molar-refractivity contribution in [2.45, 2.75) is 31.7 Å². The van der Waals surface area contributed by atoms with E-state index >= 15 is 0 Å². The molecule has 1 N–H and O–H groups in total. The normalized spacial score (nSPS) is 19.0. The molecule has 0 spiro atoms. The minimum absolute atomic E-state index is 0.184. The second-order valence-corrected chi connectivity index (χ2v) is 7.70. The highest BCUT2D eigenvalue weighted by Gasteiger charge is 2.36. The first-order valence-electron chi connectivity index (χ1n) is 9.19. The molecule has 0 aliphatic carbocycles. The van der Waals surface area contributed by atoms with Gasteiger partial charge in [0.15, 0.2) is 0 Å². The van der Waals surface area contributed by atoms with Crippen LogP contribution in [0.25, 0.3) is 0 Å². The van der Waals surface area contributed by atoms with Crippen LogP contribution < -0.4 is 5.32 Å². The summed E-state index contributed by atoms with van der Waals surface area (Å²) in [5, 5.41) is 2.92. The van der Waals surface area contributed by atoms with Crippen LogP contribution in [0.15, 0.2) is 22.7 Å². The lowest BCUT2D eigenvalue weighted by Gasteiger charge is -2.35. The highest BCUT2D eigenvalue weighted by atomic mass is 79.9. The number of carbonyl (C=O) groups is 3. The monoisotopic (exact) mass is 437 g/mol. The first kappa shape index (κ1) is 19.7. The number of ether oxygens (including phenoxy) is 1. The van der Waals surface area contributed by atoms with Gasteiger partial charge in [0.2, 0.25) is 11.8 Å². The maximum atomic E-state index is 12.9. The summed E-state index contributed by atoms with van der Waals surface area (Å²) in [6, 6.07) is 5.09. The predicted molar refractivity (Wildman–Crippen MR) is 103 cm³/mol. The average Bonchev–Trinajstić information content (AvgIpc) is 3.08. The topological polar surface area (TPSA) is 79.0 Å². The zero-order valence-corrected chi connectivity index (χ0v) is 17.0. The van der Waals surface area contributed by atoms with E-state index in [2.05, 4.69) is 21.2 Å². The molecule has 1 fully saturated rings. The number of fused-ring (bicyclic) bond motifs is 1. The molecule has 2 aliphatic rings. The fraction of sp³-hybridized carbons (Fsp3) is 0.526. The number of nitrogens with zero attached hydrogens (tertiary/aromatic N) is 2. The van der Waals surface area contributed by atoms with Gasteiger partial charge in [-0.1, -0.05) is 22.0 Å². The SMILES string of the molecule is COC(=O)N1CCc2ccc(Br)cc2[C@@H]1C(=O)NCCCN1CCCC1=O. The molecule has 0 saturated carbocycles. The largest absolute Gasteiger partial charge is 0.453 e. The molecule has 27 heavy (non-hydrogen) atoms. The lowest BCUT2D eigenvalue weighted by Crippen LogP contribution is -2.47. The number of hydrogen-bond acceptors (Lipinski definition) is 4. The Morgan fingerprint density at radius 1 is 1.30 bits per heavy atom. The fourth-order valence-corrected chi connectivity index (χ4v) is 4.08. The van der Waals surface area contributed by atoms with Gasteiger partial charge >= 0.3 is 6.09 Å². The second-order valence-electron chi connectivity index (χ2n) is 6.79. The van der Waals surface area contributed by atoms with Crippen LogP contribution in [-0.4, -0.2) is 61.0 Å². The van der Waals surface area contributed by atoms with Gasteiger partial charge in [0, 0.05) is 37.1 Å². The third-order valence-electron chi connectivity index (χ3n) is 5.07. The molecule has 7 nitrogen and oxygen atoms in total. The van der Waals surface area contributed by atoms with Gasteiger partial charge in [-0.2, -0.15) is 0 Å². The van der Waals surface area contributed by atoms with Gasteiger partial charge in [0.1, 0.15) is 6.04 Å². The molecule has 0 aromatic heterocycles. The van der Waals surface area contributed by atoms with Crippen molar-refractivity contribution in [1.82, 2.24) is 15.1 Å². The van der Waals surface area contributed by atoms with Crippen molar-refractivity contribution < 1.29 is 19.1 Å². The van der Waals surface area contributed by atoms with Crippen molar-refractivity contribution in [2.75, 3.05) is 33.3 Å². The first-order chi connectivity index (χ1) is 13.0. The summed E-state index contributed by atoms with van der Waals surface area (Å²) in [6.45, 7) is 2.33. The Morgan fingerprint density at radius 3 is 2.81 bits per heavy atom. The Hall–Kier alpha value is -2.09. The van der Waals surface area contributed by atoms with E-state index in [1.807, 2.05) is 23.1 Å². The van der Waals surface area contributed by atoms with Crippen molar-refractivity contribution in [3.63, 3.8) is 0 Å². The summed E-state index contributed by atoms with van der Waals surface area (Å²) in [5.74, 6) is -0.0450. The van der Waals surface area contributed by atoms with E-state index in [1.165, 1.54) is 12.0 Å². The van der Waals surface area contributed by atoms with E-state index < -0.39 is 12.1 Å². The molecule has 0 radical (unpaired) electrons. The summed E-state index contributed by atoms with van der Waals surface area (Å²) in [5.41, 5.74) is 1.87. The van der Waals surface area contributed by atoms with Crippen molar-refractivity contribution in [1.29, 1.82) is 0 Å². The second kappa shape index (κ2) is 8.73. The van der Waals surface area contributed by atoms with E-state index in [0.717, 1.165) is 28.6 Å². The quantitative estimate of drug-likeness (QED) is 0.716. The molecule has 0 bridgehead atoms. The molecule has 1 aromatic carbocycles. The zero-order valence-electron chi connectivity index (χ0n) is 15.4. The molecule has 2 heterocycles. The average molecular weight is 438 g/mol. The summed E-state index contributed by atoms with van der Waals surface area (Å²) < 4.78 is 5.73. The fourth-order valence-electron chi connectivity index (χ4n) is 3.70. The summed E-state index contributed by atoms with van der Waals surface area (Å²) >= 11 is 3.44. The van der Waals surface area contributed by atoms with Crippen LogP contribution in [0.1, 0.15) is 36.4 Å². The molecule has 3 amide bonds. The summed E-state index contributed by atoms with van der Waals surface area (Å²) in [6.07, 6.45) is 2.39. The van der Waals surface area contributed by atoms with Crippen molar-refractivity contribution in [3.8, 4) is 0 Å². The molecule has 2 aliphatic heterocycles. The smallest absolute Gasteiger partial charge is 0.410 e. The van der Waals surface area contributed by atoms with Gasteiger partial charge < -0.3 is 15.0 Å². The van der Waals surface area contributed by atoms with Crippen LogP contribution in [-0.2, 0) is 20.7 Å². The van der Waals surface area contributed by atoms with Gasteiger partial charge in [-0.25, -0.2) is 4.79 Å². The number of likely N-dealkylation sites (tertiary alicyclic amines) is 1. The van der Waals surface area contributed by atoms with Crippen LogP contribution in [0.5, 0.6) is 0 Å². The Bertz CT molecular complexity index is 740. The standard InChI is InChI=1S/C19H24BrN3O4/c1-27-19(26)23-11-7-13-5-6-14(20)12-15(13)17(23)18(25)21-8-3-10-22-9-2-4-16(22)24/h5-6,12,17H,2-4,7-11H2,1H3,(H,21,25)/t17-/m1/s1. The Labute approximate surface area is 167 Å². The van der Waals surface area contributed by atoms with Gasteiger partial charge in [-0.05, 0) is 42.5 Å². The predicted octanol–water partition coefficient (Wildman–Crippen LogP) is 2.24. The number of benzene rings is 1. The minimum atomic E-state index is -0.716. The highest BCUT2D eigenvalue weighted by Crippen LogP contribution is 2.32. The summed E-state index contributed by atoms with van der Waals surface area (Å²) in [4.78, 5) is 40.0. The highest BCUT2D eigenvalue weighted by molar-refractivity contribution is 9.10. The van der Waals surface area contributed by atoms with Crippen LogP contribution >= 0.6 is 15.9 Å². The van der Waals surface area contributed by atoms with Gasteiger partial charge in [0.25, 0.3) is 0 Å². The molecule has 1 atom stereocenters. The maximum Gasteiger partial charge on any atom is 0.410 e. The van der Waals surface area contributed by atoms with Crippen molar-refractivity contribution >= 4 is 33.8 Å². The Balaban J connectivity index is 1.67. The number of nitrogens with one attached hydrogen (secondary N) is 1. The number of methoxy groups -OCH3 is 1. The third kappa shape index (κ3) is 4.43. The first-order valence-corrected chi connectivity index (χ1v) is 9.99. The van der Waals surface area contributed by atoms with Crippen LogP contribution in [0.3, 0.4) is 0 Å². The van der Waals surface area contributed by atoms with Crippen LogP contribution in [0.4, 0.5) is 4.79 Å². The Morgan fingerprint density at radius 2 is 2.11 bits per heavy atom. The number of hydrogen-bond donors (Lipinski definition) is 1. The number of halogens is 1. The number of carbonyl (C=O) groups excluding carboxylic acids is 3. The molecule has 1 saturated heterocycles. The van der Waals surface area contributed by atoms with E-state index in [4.69, 9.17) is 4.74 Å². The minimum Gasteiger partial charge on any atom is -0.453 e. The number of rotatable bonds is 5. The van der Waals surface area contributed by atoms with E-state index in [9.17, 15) is 14.4 Å². The van der Waals surface area contributed by atoms with Crippen molar-refractivity contribution in [2.24, 2.45) is 0 Å². The summed E-state index contributed by atoms with van der Waals surface area (Å²) in [7, 11) is 1.32. The van der Waals surface area contributed by atoms with Crippen LogP contribution in [0.2, 0.25) is 0 Å². The lowest BCUT2D eigenvalue weighted by molar-refractivity contribution is -0.127. The Kier molecular flexibility index (Phi) is 6.36. The molecule has 3 rings (SSSR count). The molecule has 0 unspecified atom stereocenters. The molecule has 146 valence electrons. The van der Waals surface area contributed by atoms with E-state index in [0.29, 0.717) is 38.9 Å². The molecular weight excluding hydrogens is 414 g/mol. The number of amides is 3. The van der Waals surface area contributed by atoms with Crippen LogP contribution in [0, 0.1) is 0 Å². The van der Waals surface area contributed by atoms with Gasteiger partial charge in [-0.3, -0.25) is 14.5 Å². The molecular formula is C19H24BrN3O4. The van der Waals surface area contributed by atoms with E-state index in [-0.39, 0.29) is 11.8 Å². The molecule has 8 heteroatoms. The van der Waals surface area contributed by atoms with Crippen molar-refractivity contribution in [3.05, 3.63) is 33.8 Å². The lowest BCUT2D eigenvalue weighted by atomic mass is 9.92.